The summed E-state index contributed by atoms with van der Waals surface area (Å²) in [5.41, 5.74) is 3.46. The van der Waals surface area contributed by atoms with Crippen molar-refractivity contribution >= 4 is 40.4 Å². The number of hydrogen-bond donors (Lipinski definition) is 1. The Bertz CT molecular complexity index is 1530. The maximum Gasteiger partial charge on any atom is 0.228 e. The number of pyridine rings is 1. The molecule has 1 N–H and O–H groups in total. The average molecular weight is 595 g/mol. The molecule has 1 aliphatic carbocycles. The van der Waals surface area contributed by atoms with Crippen molar-refractivity contribution in [2.24, 2.45) is 0 Å². The molecule has 0 radical (unpaired) electrons. The second-order valence-corrected chi connectivity index (χ2v) is 11.0. The van der Waals surface area contributed by atoms with E-state index in [1.807, 2.05) is 46.1 Å². The normalized spacial score (nSPS) is 18.8. The van der Waals surface area contributed by atoms with Crippen LogP contribution in [0.5, 0.6) is 0 Å². The number of halogens is 3. The Labute approximate surface area is 248 Å². The third-order valence-corrected chi connectivity index (χ3v) is 8.16. The zero-order valence-electron chi connectivity index (χ0n) is 22.6. The Morgan fingerprint density at radius 1 is 1.22 bits per heavy atom. The summed E-state index contributed by atoms with van der Waals surface area (Å²) in [5.74, 6) is -0.503. The zero-order valence-corrected chi connectivity index (χ0v) is 24.1. The van der Waals surface area contributed by atoms with Gasteiger partial charge in [0.15, 0.2) is 0 Å². The third kappa shape index (κ3) is 6.50. The highest BCUT2D eigenvalue weighted by atomic mass is 35.5. The molecule has 2 atom stereocenters. The minimum absolute atomic E-state index is 0.0841. The lowest BCUT2D eigenvalue weighted by molar-refractivity contribution is -0.131. The van der Waals surface area contributed by atoms with Crippen LogP contribution in [0.15, 0.2) is 79.3 Å². The van der Waals surface area contributed by atoms with Crippen molar-refractivity contribution in [2.75, 3.05) is 13.1 Å². The van der Waals surface area contributed by atoms with E-state index in [-0.39, 0.29) is 27.7 Å². The van der Waals surface area contributed by atoms with E-state index in [2.05, 4.69) is 16.7 Å². The molecule has 3 heterocycles. The molecule has 1 amide bonds. The van der Waals surface area contributed by atoms with Gasteiger partial charge >= 0.3 is 0 Å². The number of rotatable bonds is 7. The number of allylic oxidation sites excluding steroid dienone is 3. The topological polar surface area (TPSA) is 84.1 Å². The Hall–Kier alpha value is -3.59. The number of likely N-dealkylation sites (tertiary alicyclic amines) is 1. The van der Waals surface area contributed by atoms with Crippen LogP contribution in [0.25, 0.3) is 5.57 Å². The largest absolute Gasteiger partial charge is 0.360 e. The maximum absolute atomic E-state index is 14.1. The summed E-state index contributed by atoms with van der Waals surface area (Å²) < 4.78 is 22.3. The summed E-state index contributed by atoms with van der Waals surface area (Å²) in [5, 5.41) is 13.4. The molecule has 0 saturated carbocycles. The Kier molecular flexibility index (Phi) is 8.82. The van der Waals surface area contributed by atoms with Crippen LogP contribution in [-0.4, -0.2) is 50.5 Å². The molecule has 1 fully saturated rings. The first-order valence-electron chi connectivity index (χ1n) is 13.4. The minimum Gasteiger partial charge on any atom is -0.360 e. The van der Waals surface area contributed by atoms with Gasteiger partial charge in [-0.25, -0.2) is 4.39 Å². The number of nitrogens with one attached hydrogen (secondary N) is 1. The molecule has 212 valence electrons. The second kappa shape index (κ2) is 12.5. The standard InChI is InChI=1S/C31H30Cl2FN5O2/c1-19-6-7-21(15-27(31(19)35)41-20(2)29-25(32)8-9-26(34)30(29)33)22-17-37-39(18-22)24-10-13-38(14-11-24)28(40)16-23-5-3-4-12-36-23/h3-9,12,15,17-18,20,24,27,35H,1,10-11,13-14,16H2,2H3. The van der Waals surface area contributed by atoms with Gasteiger partial charge in [-0.05, 0) is 61.3 Å². The van der Waals surface area contributed by atoms with E-state index in [0.29, 0.717) is 30.6 Å². The van der Waals surface area contributed by atoms with Gasteiger partial charge in [0.2, 0.25) is 5.91 Å². The first-order chi connectivity index (χ1) is 19.7. The van der Waals surface area contributed by atoms with Gasteiger partial charge in [0.25, 0.3) is 0 Å². The summed E-state index contributed by atoms with van der Waals surface area (Å²) in [4.78, 5) is 18.9. The molecule has 0 bridgehead atoms. The number of carbonyl (C=O) groups excluding carboxylic acids is 1. The molecular formula is C31H30Cl2FN5O2. The van der Waals surface area contributed by atoms with Crippen LogP contribution < -0.4 is 0 Å². The minimum atomic E-state index is -0.769. The predicted octanol–water partition coefficient (Wildman–Crippen LogP) is 6.81. The van der Waals surface area contributed by atoms with Gasteiger partial charge in [0.05, 0.1) is 35.5 Å². The Morgan fingerprint density at radius 2 is 2.00 bits per heavy atom. The van der Waals surface area contributed by atoms with Gasteiger partial charge in [-0.15, -0.1) is 0 Å². The van der Waals surface area contributed by atoms with Gasteiger partial charge in [0.1, 0.15) is 11.9 Å². The van der Waals surface area contributed by atoms with Crippen molar-refractivity contribution in [1.29, 1.82) is 5.41 Å². The van der Waals surface area contributed by atoms with Gasteiger partial charge in [-0.2, -0.15) is 5.10 Å². The molecule has 1 saturated heterocycles. The highest BCUT2D eigenvalue weighted by molar-refractivity contribution is 6.36. The summed E-state index contributed by atoms with van der Waals surface area (Å²) in [7, 11) is 0. The molecule has 10 heteroatoms. The van der Waals surface area contributed by atoms with E-state index in [4.69, 9.17) is 33.3 Å². The Morgan fingerprint density at radius 3 is 2.73 bits per heavy atom. The monoisotopic (exact) mass is 593 g/mol. The van der Waals surface area contributed by atoms with Crippen LogP contribution >= 0.6 is 23.2 Å². The van der Waals surface area contributed by atoms with Crippen molar-refractivity contribution in [1.82, 2.24) is 19.7 Å². The second-order valence-electron chi connectivity index (χ2n) is 10.2. The molecule has 1 aromatic carbocycles. The zero-order chi connectivity index (χ0) is 29.1. The third-order valence-electron chi connectivity index (χ3n) is 7.45. The Balaban J connectivity index is 1.28. The lowest BCUT2D eigenvalue weighted by Crippen LogP contribution is -2.40. The molecular weight excluding hydrogens is 564 g/mol. The number of carbonyl (C=O) groups is 1. The molecule has 41 heavy (non-hydrogen) atoms. The van der Waals surface area contributed by atoms with Crippen molar-refractivity contribution in [3.05, 3.63) is 112 Å². The number of piperidine rings is 1. The quantitative estimate of drug-likeness (QED) is 0.305. The van der Waals surface area contributed by atoms with E-state index in [1.165, 1.54) is 12.1 Å². The highest BCUT2D eigenvalue weighted by Gasteiger charge is 2.27. The number of benzene rings is 1. The fourth-order valence-electron chi connectivity index (χ4n) is 5.10. The summed E-state index contributed by atoms with van der Waals surface area (Å²) >= 11 is 12.5. The molecule has 3 aromatic rings. The lowest BCUT2D eigenvalue weighted by Gasteiger charge is -2.32. The van der Waals surface area contributed by atoms with Crippen molar-refractivity contribution in [3.63, 3.8) is 0 Å². The van der Waals surface area contributed by atoms with Crippen LogP contribution in [0.4, 0.5) is 4.39 Å². The van der Waals surface area contributed by atoms with E-state index in [0.717, 1.165) is 29.7 Å². The molecule has 5 rings (SSSR count). The van der Waals surface area contributed by atoms with Gasteiger partial charge in [0, 0.05) is 47.3 Å². The van der Waals surface area contributed by atoms with Crippen molar-refractivity contribution in [2.45, 2.75) is 44.4 Å². The summed E-state index contributed by atoms with van der Waals surface area (Å²) in [6.45, 7) is 7.03. The first kappa shape index (κ1) is 28.9. The average Bonchev–Trinajstić information content (AvgIpc) is 3.42. The van der Waals surface area contributed by atoms with Crippen LogP contribution in [-0.2, 0) is 16.0 Å². The van der Waals surface area contributed by atoms with E-state index in [9.17, 15) is 9.18 Å². The molecule has 2 aromatic heterocycles. The number of hydrogen-bond acceptors (Lipinski definition) is 5. The van der Waals surface area contributed by atoms with Crippen molar-refractivity contribution < 1.29 is 13.9 Å². The number of aromatic nitrogens is 3. The highest BCUT2D eigenvalue weighted by Crippen LogP contribution is 2.36. The maximum atomic E-state index is 14.1. The lowest BCUT2D eigenvalue weighted by atomic mass is 10.0. The summed E-state index contributed by atoms with van der Waals surface area (Å²) in [6.07, 6.45) is 11.4. The number of amides is 1. The number of nitrogens with zero attached hydrogens (tertiary/aromatic N) is 4. The molecule has 7 nitrogen and oxygen atoms in total. The smallest absolute Gasteiger partial charge is 0.228 e. The van der Waals surface area contributed by atoms with Crippen molar-refractivity contribution in [3.8, 4) is 0 Å². The molecule has 1 aliphatic heterocycles. The van der Waals surface area contributed by atoms with Crippen LogP contribution in [0.2, 0.25) is 10.0 Å². The molecule has 2 aliphatic rings. The fraction of sp³-hybridized carbons (Fsp3) is 0.290. The van der Waals surface area contributed by atoms with Crippen LogP contribution in [0, 0.1) is 11.2 Å². The van der Waals surface area contributed by atoms with Crippen LogP contribution in [0.1, 0.15) is 48.7 Å². The predicted molar refractivity (Wildman–Crippen MR) is 159 cm³/mol. The first-order valence-corrected chi connectivity index (χ1v) is 14.2. The SMILES string of the molecule is C=C1C=CC(c2cnn(C3CCN(C(=O)Cc4ccccn4)CC3)c2)=CC(OC(C)c2c(Cl)ccc(F)c2Cl)C1=N. The molecule has 0 spiro atoms. The van der Waals surface area contributed by atoms with Gasteiger partial charge in [-0.3, -0.25) is 14.5 Å². The van der Waals surface area contributed by atoms with Gasteiger partial charge < -0.3 is 15.0 Å². The van der Waals surface area contributed by atoms with Crippen LogP contribution in [0.3, 0.4) is 0 Å². The van der Waals surface area contributed by atoms with E-state index in [1.54, 1.807) is 25.4 Å². The number of ether oxygens (including phenoxy) is 1. The molecule has 2 unspecified atom stereocenters. The van der Waals surface area contributed by atoms with E-state index < -0.39 is 18.0 Å². The van der Waals surface area contributed by atoms with Gasteiger partial charge in [-0.1, -0.05) is 48.0 Å². The summed E-state index contributed by atoms with van der Waals surface area (Å²) in [6, 6.07) is 8.40. The van der Waals surface area contributed by atoms with E-state index >= 15 is 0 Å². The fourth-order valence-corrected chi connectivity index (χ4v) is 5.78.